The highest BCUT2D eigenvalue weighted by molar-refractivity contribution is 6.01. The van der Waals surface area contributed by atoms with Gasteiger partial charge in [-0.1, -0.05) is 54.1 Å². The predicted octanol–water partition coefficient (Wildman–Crippen LogP) is 4.61. The summed E-state index contributed by atoms with van der Waals surface area (Å²) in [5.41, 5.74) is 4.35. The molecule has 0 unspecified atom stereocenters. The summed E-state index contributed by atoms with van der Waals surface area (Å²) < 4.78 is 4.89. The Hall–Kier alpha value is -3.91. The molecule has 2 aromatic carbocycles. The number of allylic oxidation sites excluding steroid dienone is 4. The van der Waals surface area contributed by atoms with E-state index in [9.17, 15) is 14.9 Å². The maximum Gasteiger partial charge on any atom is 0.348 e. The molecule has 30 heavy (non-hydrogen) atoms. The number of hydrogen-bond acceptors (Lipinski definition) is 5. The molecule has 0 saturated carbocycles. The fourth-order valence-corrected chi connectivity index (χ4v) is 3.11. The summed E-state index contributed by atoms with van der Waals surface area (Å²) >= 11 is 0. The molecule has 5 nitrogen and oxygen atoms in total. The van der Waals surface area contributed by atoms with Crippen LogP contribution < -0.4 is 4.90 Å². The van der Waals surface area contributed by atoms with Gasteiger partial charge in [0.25, 0.3) is 0 Å². The summed E-state index contributed by atoms with van der Waals surface area (Å²) in [7, 11) is 0. The highest BCUT2D eigenvalue weighted by Crippen LogP contribution is 2.33. The Bertz CT molecular complexity index is 1090. The molecule has 0 amide bonds. The van der Waals surface area contributed by atoms with E-state index in [4.69, 9.17) is 4.74 Å². The van der Waals surface area contributed by atoms with Crippen LogP contribution in [0.1, 0.15) is 28.4 Å². The van der Waals surface area contributed by atoms with Crippen molar-refractivity contribution < 1.29 is 14.3 Å². The number of hydrogen-bond donors (Lipinski definition) is 0. The molecule has 2 aromatic rings. The molecule has 0 radical (unpaired) electrons. The van der Waals surface area contributed by atoms with E-state index in [2.05, 4.69) is 0 Å². The standard InChI is InChI=1S/C25H22N2O3/c1-3-30-25(29)21(16-26)13-12-19-14-15-27(23-7-5-4-6-22(19)23)17-24(28)20-10-8-18(2)9-11-20/h4-15H,3,17H2,1-2H3/b19-12+,21-13+. The molecule has 1 heterocycles. The van der Waals surface area contributed by atoms with Crippen LogP contribution >= 0.6 is 0 Å². The quantitative estimate of drug-likeness (QED) is 0.308. The third-order valence-corrected chi connectivity index (χ3v) is 4.69. The lowest BCUT2D eigenvalue weighted by molar-refractivity contribution is -0.138. The molecule has 0 aromatic heterocycles. The van der Waals surface area contributed by atoms with Crippen LogP contribution in [0.5, 0.6) is 0 Å². The number of para-hydroxylation sites is 1. The van der Waals surface area contributed by atoms with Gasteiger partial charge in [0.15, 0.2) is 5.78 Å². The molecule has 0 aliphatic carbocycles. The van der Waals surface area contributed by atoms with E-state index in [0.29, 0.717) is 5.56 Å². The van der Waals surface area contributed by atoms with Crippen molar-refractivity contribution in [1.82, 2.24) is 0 Å². The Labute approximate surface area is 176 Å². The van der Waals surface area contributed by atoms with Crippen LogP contribution in [0.25, 0.3) is 5.57 Å². The zero-order valence-electron chi connectivity index (χ0n) is 17.0. The number of nitrogens with zero attached hydrogens (tertiary/aromatic N) is 2. The minimum Gasteiger partial charge on any atom is -0.462 e. The lowest BCUT2D eigenvalue weighted by Gasteiger charge is -2.27. The second-order valence-electron chi connectivity index (χ2n) is 6.78. The van der Waals surface area contributed by atoms with E-state index in [0.717, 1.165) is 22.4 Å². The first kappa shape index (κ1) is 20.8. The Morgan fingerprint density at radius 1 is 1.13 bits per heavy atom. The number of anilines is 1. The van der Waals surface area contributed by atoms with Gasteiger partial charge in [-0.2, -0.15) is 5.26 Å². The van der Waals surface area contributed by atoms with Gasteiger partial charge < -0.3 is 9.64 Å². The van der Waals surface area contributed by atoms with Crippen molar-refractivity contribution in [3.05, 3.63) is 95.2 Å². The van der Waals surface area contributed by atoms with Crippen molar-refractivity contribution in [2.24, 2.45) is 0 Å². The summed E-state index contributed by atoms with van der Waals surface area (Å²) in [6, 6.07) is 17.1. The van der Waals surface area contributed by atoms with Crippen molar-refractivity contribution in [2.45, 2.75) is 13.8 Å². The molecule has 0 bridgehead atoms. The largest absolute Gasteiger partial charge is 0.462 e. The van der Waals surface area contributed by atoms with Gasteiger partial charge in [-0.3, -0.25) is 4.79 Å². The number of rotatable bonds is 6. The maximum absolute atomic E-state index is 12.7. The fourth-order valence-electron chi connectivity index (χ4n) is 3.11. The van der Waals surface area contributed by atoms with Crippen LogP contribution in [0.3, 0.4) is 0 Å². The van der Waals surface area contributed by atoms with Gasteiger partial charge in [0.05, 0.1) is 13.2 Å². The summed E-state index contributed by atoms with van der Waals surface area (Å²) in [5.74, 6) is -0.619. The maximum atomic E-state index is 12.7. The van der Waals surface area contributed by atoms with Crippen molar-refractivity contribution in [3.8, 4) is 6.07 Å². The highest BCUT2D eigenvalue weighted by atomic mass is 16.5. The van der Waals surface area contributed by atoms with Gasteiger partial charge in [0.1, 0.15) is 11.6 Å². The third-order valence-electron chi connectivity index (χ3n) is 4.69. The number of ketones is 1. The topological polar surface area (TPSA) is 70.4 Å². The molecule has 5 heteroatoms. The van der Waals surface area contributed by atoms with E-state index in [1.54, 1.807) is 13.0 Å². The van der Waals surface area contributed by atoms with Gasteiger partial charge in [-0.05, 0) is 37.6 Å². The second kappa shape index (κ2) is 9.53. The number of esters is 1. The average molecular weight is 398 g/mol. The van der Waals surface area contributed by atoms with Gasteiger partial charge in [0.2, 0.25) is 0 Å². The first-order valence-corrected chi connectivity index (χ1v) is 9.66. The molecule has 0 spiro atoms. The molecule has 0 saturated heterocycles. The number of ether oxygens (including phenoxy) is 1. The Balaban J connectivity index is 1.87. The number of carbonyl (C=O) groups excluding carboxylic acids is 2. The van der Waals surface area contributed by atoms with Crippen molar-refractivity contribution in [1.29, 1.82) is 5.26 Å². The van der Waals surface area contributed by atoms with E-state index in [1.807, 2.05) is 78.7 Å². The van der Waals surface area contributed by atoms with Crippen molar-refractivity contribution in [2.75, 3.05) is 18.1 Å². The number of nitriles is 1. The first-order valence-electron chi connectivity index (χ1n) is 9.66. The summed E-state index contributed by atoms with van der Waals surface area (Å²) in [4.78, 5) is 26.4. The summed E-state index contributed by atoms with van der Waals surface area (Å²) in [6.07, 6.45) is 6.87. The normalized spacial score (nSPS) is 14.2. The van der Waals surface area contributed by atoms with Crippen LogP contribution in [-0.2, 0) is 9.53 Å². The van der Waals surface area contributed by atoms with Crippen molar-refractivity contribution >= 4 is 23.0 Å². The molecule has 0 N–H and O–H groups in total. The molecule has 0 fully saturated rings. The average Bonchev–Trinajstić information content (AvgIpc) is 2.76. The van der Waals surface area contributed by atoms with Crippen LogP contribution in [0.15, 0.2) is 78.5 Å². The summed E-state index contributed by atoms with van der Waals surface area (Å²) in [5, 5.41) is 9.20. The van der Waals surface area contributed by atoms with Crippen LogP contribution in [0, 0.1) is 18.3 Å². The first-order chi connectivity index (χ1) is 14.5. The second-order valence-corrected chi connectivity index (χ2v) is 6.78. The Kier molecular flexibility index (Phi) is 6.61. The number of benzene rings is 2. The molecule has 150 valence electrons. The fraction of sp³-hybridized carbons (Fsp3) is 0.160. The minimum absolute atomic E-state index is 0.0239. The highest BCUT2D eigenvalue weighted by Gasteiger charge is 2.19. The van der Waals surface area contributed by atoms with Crippen molar-refractivity contribution in [3.63, 3.8) is 0 Å². The zero-order chi connectivity index (χ0) is 21.5. The molecule has 1 aliphatic rings. The number of fused-ring (bicyclic) bond motifs is 1. The van der Waals surface area contributed by atoms with Crippen LogP contribution in [0.2, 0.25) is 0 Å². The minimum atomic E-state index is -0.643. The SMILES string of the molecule is CCOC(=O)/C(C#N)=C/C=C1\C=CN(CC(=O)c2ccc(C)cc2)c2ccccc21. The van der Waals surface area contributed by atoms with E-state index >= 15 is 0 Å². The zero-order valence-corrected chi connectivity index (χ0v) is 17.0. The number of Topliss-reactive ketones (excluding diaryl/α,β-unsaturated/α-hetero) is 1. The van der Waals surface area contributed by atoms with E-state index < -0.39 is 5.97 Å². The van der Waals surface area contributed by atoms with Gasteiger partial charge in [0, 0.05) is 23.0 Å². The Morgan fingerprint density at radius 3 is 2.57 bits per heavy atom. The molecule has 0 atom stereocenters. The predicted molar refractivity (Wildman–Crippen MR) is 117 cm³/mol. The van der Waals surface area contributed by atoms with Gasteiger partial charge in [-0.25, -0.2) is 4.79 Å². The lowest BCUT2D eigenvalue weighted by Crippen LogP contribution is -2.27. The Morgan fingerprint density at radius 2 is 1.87 bits per heavy atom. The van der Waals surface area contributed by atoms with Crippen LogP contribution in [0.4, 0.5) is 5.69 Å². The van der Waals surface area contributed by atoms with E-state index in [-0.39, 0.29) is 24.5 Å². The summed E-state index contributed by atoms with van der Waals surface area (Å²) in [6.45, 7) is 4.10. The molecule has 3 rings (SSSR count). The number of aryl methyl sites for hydroxylation is 1. The van der Waals surface area contributed by atoms with Gasteiger partial charge in [-0.15, -0.1) is 0 Å². The van der Waals surface area contributed by atoms with Gasteiger partial charge >= 0.3 is 5.97 Å². The monoisotopic (exact) mass is 398 g/mol. The lowest BCUT2D eigenvalue weighted by atomic mass is 9.98. The van der Waals surface area contributed by atoms with E-state index in [1.165, 1.54) is 6.08 Å². The smallest absolute Gasteiger partial charge is 0.348 e. The number of carbonyl (C=O) groups is 2. The molecular weight excluding hydrogens is 376 g/mol. The van der Waals surface area contributed by atoms with Crippen LogP contribution in [-0.4, -0.2) is 24.9 Å². The molecular formula is C25H22N2O3. The third kappa shape index (κ3) is 4.73. The molecule has 1 aliphatic heterocycles.